The summed E-state index contributed by atoms with van der Waals surface area (Å²) in [5.74, 6) is 2.52. The van der Waals surface area contributed by atoms with Gasteiger partial charge in [0.2, 0.25) is 0 Å². The van der Waals surface area contributed by atoms with Crippen LogP contribution >= 0.6 is 0 Å². The third kappa shape index (κ3) is 6.88. The van der Waals surface area contributed by atoms with Gasteiger partial charge in [-0.3, -0.25) is 0 Å². The SMILES string of the molecule is C#CCCCCNC(CC(F)(F)F)c1ccccc1. The topological polar surface area (TPSA) is 12.0 Å². The van der Waals surface area contributed by atoms with Gasteiger partial charge in [-0.1, -0.05) is 30.3 Å². The molecule has 1 unspecified atom stereocenters. The van der Waals surface area contributed by atoms with Gasteiger partial charge in [0.15, 0.2) is 0 Å². The van der Waals surface area contributed by atoms with Gasteiger partial charge in [-0.15, -0.1) is 12.3 Å². The quantitative estimate of drug-likeness (QED) is 0.581. The highest BCUT2D eigenvalue weighted by atomic mass is 19.4. The van der Waals surface area contributed by atoms with E-state index in [9.17, 15) is 13.2 Å². The number of hydrogen-bond donors (Lipinski definition) is 1. The van der Waals surface area contributed by atoms with Crippen LogP contribution in [0.1, 0.15) is 37.3 Å². The number of terminal acetylenes is 1. The van der Waals surface area contributed by atoms with Crippen molar-refractivity contribution in [2.24, 2.45) is 0 Å². The summed E-state index contributed by atoms with van der Waals surface area (Å²) in [4.78, 5) is 0. The van der Waals surface area contributed by atoms with Crippen LogP contribution in [0.3, 0.4) is 0 Å². The minimum absolute atomic E-state index is 0.539. The van der Waals surface area contributed by atoms with Gasteiger partial charge in [0.25, 0.3) is 0 Å². The summed E-state index contributed by atoms with van der Waals surface area (Å²) in [5, 5.41) is 2.96. The molecule has 0 aliphatic carbocycles. The molecule has 0 heterocycles. The van der Waals surface area contributed by atoms with Crippen molar-refractivity contribution >= 4 is 0 Å². The Balaban J connectivity index is 2.54. The monoisotopic (exact) mass is 269 g/mol. The van der Waals surface area contributed by atoms with Crippen LogP contribution in [0.5, 0.6) is 0 Å². The molecule has 1 N–H and O–H groups in total. The number of hydrogen-bond acceptors (Lipinski definition) is 1. The summed E-state index contributed by atoms with van der Waals surface area (Å²) < 4.78 is 37.7. The summed E-state index contributed by atoms with van der Waals surface area (Å²) in [7, 11) is 0. The molecule has 0 spiro atoms. The van der Waals surface area contributed by atoms with Crippen molar-refractivity contribution in [3.05, 3.63) is 35.9 Å². The zero-order chi connectivity index (χ0) is 14.1. The van der Waals surface area contributed by atoms with Crippen LogP contribution in [0.2, 0.25) is 0 Å². The molecular weight excluding hydrogens is 251 g/mol. The Morgan fingerprint density at radius 1 is 1.16 bits per heavy atom. The Bertz CT molecular complexity index is 392. The third-order valence-electron chi connectivity index (χ3n) is 2.78. The van der Waals surface area contributed by atoms with Crippen LogP contribution in [0.4, 0.5) is 13.2 Å². The summed E-state index contributed by atoms with van der Waals surface area (Å²) in [5.41, 5.74) is 0.664. The molecule has 0 saturated heterocycles. The fourth-order valence-corrected chi connectivity index (χ4v) is 1.85. The van der Waals surface area contributed by atoms with E-state index in [0.29, 0.717) is 18.5 Å². The van der Waals surface area contributed by atoms with E-state index in [1.807, 2.05) is 0 Å². The second kappa shape index (κ2) is 7.85. The number of unbranched alkanes of at least 4 members (excludes halogenated alkanes) is 2. The van der Waals surface area contributed by atoms with Crippen LogP contribution in [0.15, 0.2) is 30.3 Å². The summed E-state index contributed by atoms with van der Waals surface area (Å²) in [6, 6.07) is 8.03. The maximum absolute atomic E-state index is 12.6. The van der Waals surface area contributed by atoms with Gasteiger partial charge in [-0.2, -0.15) is 13.2 Å². The molecular formula is C15H18F3N. The molecule has 0 saturated carbocycles. The standard InChI is InChI=1S/C15H18F3N/c1-2-3-4-8-11-19-14(12-15(16,17)18)13-9-6-5-7-10-13/h1,5-7,9-10,14,19H,3-4,8,11-12H2. The van der Waals surface area contributed by atoms with Gasteiger partial charge >= 0.3 is 6.18 Å². The molecule has 0 bridgehead atoms. The lowest BCUT2D eigenvalue weighted by Crippen LogP contribution is -2.27. The van der Waals surface area contributed by atoms with Gasteiger partial charge < -0.3 is 5.32 Å². The normalized spacial score (nSPS) is 12.9. The molecule has 19 heavy (non-hydrogen) atoms. The highest BCUT2D eigenvalue weighted by molar-refractivity contribution is 5.19. The van der Waals surface area contributed by atoms with Crippen molar-refractivity contribution in [3.63, 3.8) is 0 Å². The summed E-state index contributed by atoms with van der Waals surface area (Å²) >= 11 is 0. The minimum Gasteiger partial charge on any atom is -0.310 e. The van der Waals surface area contributed by atoms with Crippen molar-refractivity contribution in [2.45, 2.75) is 37.9 Å². The Labute approximate surface area is 112 Å². The molecule has 104 valence electrons. The summed E-state index contributed by atoms with van der Waals surface area (Å²) in [6.07, 6.45) is 2.37. The summed E-state index contributed by atoms with van der Waals surface area (Å²) in [6.45, 7) is 0.539. The number of nitrogens with one attached hydrogen (secondary N) is 1. The van der Waals surface area contributed by atoms with Crippen molar-refractivity contribution in [3.8, 4) is 12.3 Å². The zero-order valence-electron chi connectivity index (χ0n) is 10.7. The van der Waals surface area contributed by atoms with Crippen LogP contribution in [-0.4, -0.2) is 12.7 Å². The highest BCUT2D eigenvalue weighted by Crippen LogP contribution is 2.29. The molecule has 0 radical (unpaired) electrons. The first-order chi connectivity index (χ1) is 9.03. The largest absolute Gasteiger partial charge is 0.390 e. The first kappa shape index (κ1) is 15.6. The average Bonchev–Trinajstić information content (AvgIpc) is 2.37. The van der Waals surface area contributed by atoms with Crippen molar-refractivity contribution in [2.75, 3.05) is 6.54 Å². The van der Waals surface area contributed by atoms with Crippen LogP contribution in [0, 0.1) is 12.3 Å². The Hall–Kier alpha value is -1.47. The van der Waals surface area contributed by atoms with E-state index in [1.165, 1.54) is 0 Å². The van der Waals surface area contributed by atoms with Gasteiger partial charge in [-0.25, -0.2) is 0 Å². The zero-order valence-corrected chi connectivity index (χ0v) is 10.7. The number of benzene rings is 1. The maximum atomic E-state index is 12.6. The lowest BCUT2D eigenvalue weighted by Gasteiger charge is -2.20. The average molecular weight is 269 g/mol. The molecule has 1 aromatic carbocycles. The molecule has 0 fully saturated rings. The van der Waals surface area contributed by atoms with E-state index in [2.05, 4.69) is 11.2 Å². The maximum Gasteiger partial charge on any atom is 0.390 e. The number of rotatable bonds is 7. The van der Waals surface area contributed by atoms with E-state index in [1.54, 1.807) is 30.3 Å². The molecule has 1 aromatic rings. The highest BCUT2D eigenvalue weighted by Gasteiger charge is 2.32. The second-order valence-electron chi connectivity index (χ2n) is 4.40. The van der Waals surface area contributed by atoms with E-state index in [4.69, 9.17) is 6.42 Å². The molecule has 4 heteroatoms. The van der Waals surface area contributed by atoms with Gasteiger partial charge in [0, 0.05) is 12.5 Å². The number of halogens is 3. The number of alkyl halides is 3. The van der Waals surface area contributed by atoms with Crippen LogP contribution < -0.4 is 5.32 Å². The van der Waals surface area contributed by atoms with E-state index < -0.39 is 18.6 Å². The molecule has 1 atom stereocenters. The van der Waals surface area contributed by atoms with Crippen molar-refractivity contribution in [1.29, 1.82) is 0 Å². The molecule has 0 aliphatic heterocycles. The molecule has 1 rings (SSSR count). The fraction of sp³-hybridized carbons (Fsp3) is 0.467. The second-order valence-corrected chi connectivity index (χ2v) is 4.40. The minimum atomic E-state index is -4.17. The van der Waals surface area contributed by atoms with E-state index in [0.717, 1.165) is 12.8 Å². The lowest BCUT2D eigenvalue weighted by atomic mass is 10.0. The van der Waals surface area contributed by atoms with Gasteiger partial charge in [0.05, 0.1) is 6.42 Å². The third-order valence-corrected chi connectivity index (χ3v) is 2.78. The van der Waals surface area contributed by atoms with E-state index in [-0.39, 0.29) is 0 Å². The first-order valence-electron chi connectivity index (χ1n) is 6.31. The molecule has 0 aromatic heterocycles. The van der Waals surface area contributed by atoms with Crippen LogP contribution in [0.25, 0.3) is 0 Å². The predicted molar refractivity (Wildman–Crippen MR) is 70.5 cm³/mol. The van der Waals surface area contributed by atoms with Crippen molar-refractivity contribution < 1.29 is 13.2 Å². The first-order valence-corrected chi connectivity index (χ1v) is 6.31. The Morgan fingerprint density at radius 3 is 2.42 bits per heavy atom. The van der Waals surface area contributed by atoms with Crippen molar-refractivity contribution in [1.82, 2.24) is 5.32 Å². The smallest absolute Gasteiger partial charge is 0.310 e. The van der Waals surface area contributed by atoms with Gasteiger partial charge in [0.1, 0.15) is 0 Å². The fourth-order valence-electron chi connectivity index (χ4n) is 1.85. The van der Waals surface area contributed by atoms with Crippen LogP contribution in [-0.2, 0) is 0 Å². The molecule has 1 nitrogen and oxygen atoms in total. The van der Waals surface area contributed by atoms with Gasteiger partial charge in [-0.05, 0) is 24.9 Å². The molecule has 0 amide bonds. The predicted octanol–water partition coefficient (Wildman–Crippen LogP) is 4.07. The Morgan fingerprint density at radius 2 is 1.84 bits per heavy atom. The lowest BCUT2D eigenvalue weighted by molar-refractivity contribution is -0.140. The van der Waals surface area contributed by atoms with E-state index >= 15 is 0 Å². The Kier molecular flexibility index (Phi) is 6.44. The molecule has 0 aliphatic rings.